The van der Waals surface area contributed by atoms with Gasteiger partial charge in [-0.05, 0) is 45.7 Å². The summed E-state index contributed by atoms with van der Waals surface area (Å²) in [6, 6.07) is 6.10. The van der Waals surface area contributed by atoms with E-state index in [0.29, 0.717) is 6.61 Å². The van der Waals surface area contributed by atoms with Gasteiger partial charge in [-0.25, -0.2) is 0 Å². The third-order valence-corrected chi connectivity index (χ3v) is 2.47. The normalized spacial score (nSPS) is 13.9. The standard InChI is InChI=1S/C14H22O2/c1-10-6-7-11(2)12(8-10)13(15)9-16-14(3,4)5/h6-8,13,15H,9H2,1-5H3. The number of hydrogen-bond donors (Lipinski definition) is 1. The number of aryl methyl sites for hydroxylation is 2. The fourth-order valence-corrected chi connectivity index (χ4v) is 1.54. The lowest BCUT2D eigenvalue weighted by atomic mass is 10.0. The summed E-state index contributed by atoms with van der Waals surface area (Å²) >= 11 is 0. The van der Waals surface area contributed by atoms with Crippen LogP contribution in [0.4, 0.5) is 0 Å². The van der Waals surface area contributed by atoms with Gasteiger partial charge in [0.1, 0.15) is 6.10 Å². The first-order chi connectivity index (χ1) is 7.29. The molecule has 0 aliphatic heterocycles. The molecule has 2 nitrogen and oxygen atoms in total. The van der Waals surface area contributed by atoms with Crippen molar-refractivity contribution < 1.29 is 9.84 Å². The van der Waals surface area contributed by atoms with E-state index in [1.165, 1.54) is 0 Å². The van der Waals surface area contributed by atoms with Crippen molar-refractivity contribution in [2.45, 2.75) is 46.3 Å². The molecule has 1 aromatic carbocycles. The summed E-state index contributed by atoms with van der Waals surface area (Å²) in [6.45, 7) is 10.3. The van der Waals surface area contributed by atoms with E-state index in [2.05, 4.69) is 6.07 Å². The first-order valence-electron chi connectivity index (χ1n) is 5.69. The van der Waals surface area contributed by atoms with E-state index in [9.17, 15) is 5.11 Å². The average Bonchev–Trinajstić information content (AvgIpc) is 2.17. The van der Waals surface area contributed by atoms with Gasteiger partial charge in [-0.3, -0.25) is 0 Å². The minimum Gasteiger partial charge on any atom is -0.386 e. The Balaban J connectivity index is 2.73. The summed E-state index contributed by atoms with van der Waals surface area (Å²) in [5.74, 6) is 0. The van der Waals surface area contributed by atoms with Crippen molar-refractivity contribution in [2.75, 3.05) is 6.61 Å². The maximum absolute atomic E-state index is 10.1. The lowest BCUT2D eigenvalue weighted by Crippen LogP contribution is -2.23. The fraction of sp³-hybridized carbons (Fsp3) is 0.571. The van der Waals surface area contributed by atoms with E-state index in [1.54, 1.807) is 0 Å². The van der Waals surface area contributed by atoms with Gasteiger partial charge >= 0.3 is 0 Å². The van der Waals surface area contributed by atoms with Gasteiger partial charge < -0.3 is 9.84 Å². The monoisotopic (exact) mass is 222 g/mol. The van der Waals surface area contributed by atoms with Crippen LogP contribution in [-0.2, 0) is 4.74 Å². The summed E-state index contributed by atoms with van der Waals surface area (Å²) < 4.78 is 5.59. The largest absolute Gasteiger partial charge is 0.386 e. The van der Waals surface area contributed by atoms with Crippen LogP contribution < -0.4 is 0 Å². The topological polar surface area (TPSA) is 29.5 Å². The number of benzene rings is 1. The van der Waals surface area contributed by atoms with Crippen LogP contribution in [0.2, 0.25) is 0 Å². The summed E-state index contributed by atoms with van der Waals surface area (Å²) in [5, 5.41) is 10.1. The van der Waals surface area contributed by atoms with E-state index in [4.69, 9.17) is 4.74 Å². The molecular formula is C14H22O2. The SMILES string of the molecule is Cc1ccc(C)c(C(O)COC(C)(C)C)c1. The molecule has 0 aliphatic carbocycles. The molecule has 0 spiro atoms. The van der Waals surface area contributed by atoms with E-state index < -0.39 is 6.10 Å². The van der Waals surface area contributed by atoms with Crippen molar-refractivity contribution >= 4 is 0 Å². The Kier molecular flexibility index (Phi) is 4.11. The minimum atomic E-state index is -0.542. The highest BCUT2D eigenvalue weighted by molar-refractivity contribution is 5.32. The highest BCUT2D eigenvalue weighted by Crippen LogP contribution is 2.21. The summed E-state index contributed by atoms with van der Waals surface area (Å²) in [5.41, 5.74) is 3.02. The second-order valence-corrected chi connectivity index (χ2v) is 5.30. The minimum absolute atomic E-state index is 0.210. The zero-order valence-corrected chi connectivity index (χ0v) is 10.9. The van der Waals surface area contributed by atoms with Crippen LogP contribution >= 0.6 is 0 Å². The van der Waals surface area contributed by atoms with E-state index in [0.717, 1.165) is 16.7 Å². The first kappa shape index (κ1) is 13.2. The Morgan fingerprint density at radius 3 is 2.44 bits per heavy atom. The van der Waals surface area contributed by atoms with Crippen molar-refractivity contribution in [2.24, 2.45) is 0 Å². The van der Waals surface area contributed by atoms with Crippen molar-refractivity contribution in [3.8, 4) is 0 Å². The van der Waals surface area contributed by atoms with E-state index >= 15 is 0 Å². The van der Waals surface area contributed by atoms with Gasteiger partial charge in [0.05, 0.1) is 12.2 Å². The van der Waals surface area contributed by atoms with E-state index in [1.807, 2.05) is 46.8 Å². The molecule has 0 fully saturated rings. The molecule has 0 radical (unpaired) electrons. The van der Waals surface area contributed by atoms with Gasteiger partial charge in [-0.15, -0.1) is 0 Å². The maximum Gasteiger partial charge on any atom is 0.103 e. The Bertz CT molecular complexity index is 350. The first-order valence-corrected chi connectivity index (χ1v) is 5.69. The summed E-state index contributed by atoms with van der Waals surface area (Å²) in [6.07, 6.45) is -0.542. The van der Waals surface area contributed by atoms with Gasteiger partial charge in [-0.2, -0.15) is 0 Å². The molecular weight excluding hydrogens is 200 g/mol. The van der Waals surface area contributed by atoms with Crippen LogP contribution in [-0.4, -0.2) is 17.3 Å². The Morgan fingerprint density at radius 2 is 1.88 bits per heavy atom. The van der Waals surface area contributed by atoms with Crippen LogP contribution in [0.15, 0.2) is 18.2 Å². The number of hydrogen-bond acceptors (Lipinski definition) is 2. The molecule has 1 rings (SSSR count). The molecule has 1 aromatic rings. The van der Waals surface area contributed by atoms with Gasteiger partial charge in [0, 0.05) is 0 Å². The fourth-order valence-electron chi connectivity index (χ4n) is 1.54. The predicted octanol–water partition coefficient (Wildman–Crippen LogP) is 3.15. The Morgan fingerprint density at radius 1 is 1.25 bits per heavy atom. The zero-order chi connectivity index (χ0) is 12.3. The van der Waals surface area contributed by atoms with Crippen molar-refractivity contribution in [3.05, 3.63) is 34.9 Å². The average molecular weight is 222 g/mol. The smallest absolute Gasteiger partial charge is 0.103 e. The summed E-state index contributed by atoms with van der Waals surface area (Å²) in [4.78, 5) is 0. The Hall–Kier alpha value is -0.860. The molecule has 0 aromatic heterocycles. The maximum atomic E-state index is 10.1. The van der Waals surface area contributed by atoms with Gasteiger partial charge in [-0.1, -0.05) is 23.8 Å². The van der Waals surface area contributed by atoms with Gasteiger partial charge in [0.25, 0.3) is 0 Å². The molecule has 16 heavy (non-hydrogen) atoms. The molecule has 0 amide bonds. The van der Waals surface area contributed by atoms with Crippen molar-refractivity contribution in [1.29, 1.82) is 0 Å². The molecule has 0 bridgehead atoms. The number of aliphatic hydroxyl groups excluding tert-OH is 1. The van der Waals surface area contributed by atoms with Crippen LogP contribution in [0.1, 0.15) is 43.6 Å². The van der Waals surface area contributed by atoms with Crippen LogP contribution in [0.25, 0.3) is 0 Å². The molecule has 90 valence electrons. The number of aliphatic hydroxyl groups is 1. The van der Waals surface area contributed by atoms with Crippen molar-refractivity contribution in [3.63, 3.8) is 0 Å². The molecule has 0 aliphatic rings. The molecule has 1 unspecified atom stereocenters. The molecule has 1 N–H and O–H groups in total. The summed E-state index contributed by atoms with van der Waals surface area (Å²) in [7, 11) is 0. The van der Waals surface area contributed by atoms with Gasteiger partial charge in [0.15, 0.2) is 0 Å². The molecule has 0 saturated carbocycles. The molecule has 0 saturated heterocycles. The third-order valence-electron chi connectivity index (χ3n) is 2.47. The lowest BCUT2D eigenvalue weighted by molar-refractivity contribution is -0.0497. The van der Waals surface area contributed by atoms with Crippen LogP contribution in [0.5, 0.6) is 0 Å². The second-order valence-electron chi connectivity index (χ2n) is 5.30. The predicted molar refractivity (Wildman–Crippen MR) is 66.6 cm³/mol. The van der Waals surface area contributed by atoms with E-state index in [-0.39, 0.29) is 5.60 Å². The highest BCUT2D eigenvalue weighted by atomic mass is 16.5. The van der Waals surface area contributed by atoms with Crippen molar-refractivity contribution in [1.82, 2.24) is 0 Å². The lowest BCUT2D eigenvalue weighted by Gasteiger charge is -2.23. The quantitative estimate of drug-likeness (QED) is 0.851. The van der Waals surface area contributed by atoms with Gasteiger partial charge in [0.2, 0.25) is 0 Å². The number of ether oxygens (including phenoxy) is 1. The molecule has 0 heterocycles. The highest BCUT2D eigenvalue weighted by Gasteiger charge is 2.16. The molecule has 2 heteroatoms. The number of rotatable bonds is 3. The second kappa shape index (κ2) is 4.98. The third kappa shape index (κ3) is 3.95. The Labute approximate surface area is 98.3 Å². The zero-order valence-electron chi connectivity index (χ0n) is 10.9. The van der Waals surface area contributed by atoms with Crippen LogP contribution in [0.3, 0.4) is 0 Å². The molecule has 1 atom stereocenters. The van der Waals surface area contributed by atoms with Crippen LogP contribution in [0, 0.1) is 13.8 Å².